The molecule has 0 spiro atoms. The summed E-state index contributed by atoms with van der Waals surface area (Å²) in [6, 6.07) is 13.7. The van der Waals surface area contributed by atoms with Crippen molar-refractivity contribution in [3.05, 3.63) is 60.2 Å². The number of benzene rings is 2. The summed E-state index contributed by atoms with van der Waals surface area (Å²) in [4.78, 5) is 37.4. The summed E-state index contributed by atoms with van der Waals surface area (Å²) in [5, 5.41) is 14.1. The lowest BCUT2D eigenvalue weighted by atomic mass is 10.2. The summed E-state index contributed by atoms with van der Waals surface area (Å²) < 4.78 is 10.2. The number of hydrogen-bond donors (Lipinski definition) is 3. The monoisotopic (exact) mass is 432 g/mol. The van der Waals surface area contributed by atoms with Crippen LogP contribution in [0.25, 0.3) is 0 Å². The van der Waals surface area contributed by atoms with Gasteiger partial charge in [-0.2, -0.15) is 0 Å². The van der Waals surface area contributed by atoms with Gasteiger partial charge in [0, 0.05) is 4.90 Å². The van der Waals surface area contributed by atoms with Crippen LogP contribution in [0.2, 0.25) is 0 Å². The number of aliphatic hydroxyl groups excluding tert-OH is 1. The van der Waals surface area contributed by atoms with E-state index < -0.39 is 36.7 Å². The number of nitrogens with one attached hydrogen (secondary N) is 2. The number of thioether (sulfide) groups is 1. The second-order valence-electron chi connectivity index (χ2n) is 6.27. The van der Waals surface area contributed by atoms with Gasteiger partial charge in [-0.25, -0.2) is 9.59 Å². The number of alkyl carbamates (subject to hydrolysis) is 1. The van der Waals surface area contributed by atoms with Gasteiger partial charge in [0.15, 0.2) is 0 Å². The average Bonchev–Trinajstić information content (AvgIpc) is 2.77. The van der Waals surface area contributed by atoms with E-state index in [9.17, 15) is 19.5 Å². The highest BCUT2D eigenvalue weighted by Crippen LogP contribution is 2.19. The Bertz CT molecular complexity index is 844. The van der Waals surface area contributed by atoms with Crippen molar-refractivity contribution in [3.63, 3.8) is 0 Å². The zero-order valence-corrected chi connectivity index (χ0v) is 17.5. The van der Waals surface area contributed by atoms with E-state index in [-0.39, 0.29) is 6.61 Å². The van der Waals surface area contributed by atoms with Crippen molar-refractivity contribution in [2.45, 2.75) is 30.5 Å². The summed E-state index contributed by atoms with van der Waals surface area (Å²) in [6.45, 7) is 0.799. The molecule has 0 aromatic heterocycles. The van der Waals surface area contributed by atoms with Crippen molar-refractivity contribution >= 4 is 29.7 Å². The van der Waals surface area contributed by atoms with Gasteiger partial charge in [0.25, 0.3) is 0 Å². The zero-order chi connectivity index (χ0) is 21.9. The molecule has 30 heavy (non-hydrogen) atoms. The molecule has 0 aliphatic rings. The second-order valence-corrected chi connectivity index (χ2v) is 7.15. The van der Waals surface area contributed by atoms with Gasteiger partial charge in [0.2, 0.25) is 5.91 Å². The summed E-state index contributed by atoms with van der Waals surface area (Å²) in [5.74, 6) is -1.07. The minimum atomic E-state index is -1.27. The maximum atomic E-state index is 12.3. The Balaban J connectivity index is 1.82. The summed E-state index contributed by atoms with van der Waals surface area (Å²) in [7, 11) is 0. The van der Waals surface area contributed by atoms with Crippen LogP contribution in [0.15, 0.2) is 59.5 Å². The number of esters is 1. The lowest BCUT2D eigenvalue weighted by Crippen LogP contribution is -2.53. The molecule has 2 atom stereocenters. The Morgan fingerprint density at radius 3 is 2.30 bits per heavy atom. The molecule has 2 rings (SSSR count). The molecular formula is C21H24N2O6S. The Hall–Kier alpha value is -3.04. The number of carbonyl (C=O) groups is 3. The molecule has 0 aliphatic carbocycles. The molecule has 9 heteroatoms. The summed E-state index contributed by atoms with van der Waals surface area (Å²) in [5.41, 5.74) is 0.777. The Kier molecular flexibility index (Phi) is 9.17. The first-order chi connectivity index (χ1) is 14.4. The van der Waals surface area contributed by atoms with Crippen molar-refractivity contribution < 1.29 is 29.0 Å². The molecule has 0 heterocycles. The van der Waals surface area contributed by atoms with Crippen LogP contribution in [0.1, 0.15) is 12.5 Å². The quantitative estimate of drug-likeness (QED) is 0.316. The lowest BCUT2D eigenvalue weighted by molar-refractivity contribution is -0.139. The molecule has 0 bridgehead atoms. The van der Waals surface area contributed by atoms with E-state index in [0.717, 1.165) is 10.5 Å². The molecule has 0 unspecified atom stereocenters. The van der Waals surface area contributed by atoms with Crippen molar-refractivity contribution in [2.75, 3.05) is 12.9 Å². The van der Waals surface area contributed by atoms with Crippen molar-refractivity contribution in [1.29, 1.82) is 0 Å². The fraction of sp³-hybridized carbons (Fsp3) is 0.286. The number of hydrogen-bond acceptors (Lipinski definition) is 7. The van der Waals surface area contributed by atoms with E-state index in [2.05, 4.69) is 10.6 Å². The van der Waals surface area contributed by atoms with Gasteiger partial charge in [-0.05, 0) is 43.0 Å². The molecule has 0 fully saturated rings. The third-order valence-corrected chi connectivity index (χ3v) is 4.74. The summed E-state index contributed by atoms with van der Waals surface area (Å²) >= 11 is 1.56. The predicted molar refractivity (Wildman–Crippen MR) is 112 cm³/mol. The van der Waals surface area contributed by atoms with Crippen LogP contribution in [-0.2, 0) is 20.9 Å². The Labute approximate surface area is 179 Å². The van der Waals surface area contributed by atoms with Crippen LogP contribution in [0.4, 0.5) is 4.79 Å². The molecular weight excluding hydrogens is 408 g/mol. The number of rotatable bonds is 9. The molecule has 0 saturated carbocycles. The SMILES string of the molecule is CSc1ccc(OC(=O)[C@H](C)NC(=O)[C@H](CO)NC(=O)OCc2ccccc2)cc1. The van der Waals surface area contributed by atoms with E-state index in [4.69, 9.17) is 9.47 Å². The molecule has 2 aromatic rings. The Morgan fingerprint density at radius 2 is 1.70 bits per heavy atom. The highest BCUT2D eigenvalue weighted by Gasteiger charge is 2.25. The number of ether oxygens (including phenoxy) is 2. The molecule has 2 aromatic carbocycles. The van der Waals surface area contributed by atoms with Gasteiger partial charge >= 0.3 is 12.1 Å². The molecule has 0 aliphatic heterocycles. The first-order valence-corrected chi connectivity index (χ1v) is 10.4. The van der Waals surface area contributed by atoms with Gasteiger partial charge in [0.1, 0.15) is 24.4 Å². The molecule has 0 radical (unpaired) electrons. The number of aliphatic hydroxyl groups is 1. The molecule has 8 nitrogen and oxygen atoms in total. The fourth-order valence-electron chi connectivity index (χ4n) is 2.32. The molecule has 3 N–H and O–H groups in total. The van der Waals surface area contributed by atoms with Crippen LogP contribution >= 0.6 is 11.8 Å². The van der Waals surface area contributed by atoms with Crippen molar-refractivity contribution in [2.24, 2.45) is 0 Å². The zero-order valence-electron chi connectivity index (χ0n) is 16.7. The van der Waals surface area contributed by atoms with Gasteiger partial charge in [-0.1, -0.05) is 30.3 Å². The minimum Gasteiger partial charge on any atom is -0.445 e. The highest BCUT2D eigenvalue weighted by atomic mass is 32.2. The third kappa shape index (κ3) is 7.41. The third-order valence-electron chi connectivity index (χ3n) is 3.99. The van der Waals surface area contributed by atoms with Crippen LogP contribution in [0.3, 0.4) is 0 Å². The first kappa shape index (κ1) is 23.2. The van der Waals surface area contributed by atoms with Gasteiger partial charge in [-0.3, -0.25) is 4.79 Å². The second kappa shape index (κ2) is 11.8. The van der Waals surface area contributed by atoms with Crippen molar-refractivity contribution in [1.82, 2.24) is 10.6 Å². The van der Waals surface area contributed by atoms with Crippen LogP contribution < -0.4 is 15.4 Å². The van der Waals surface area contributed by atoms with Gasteiger partial charge in [-0.15, -0.1) is 11.8 Å². The average molecular weight is 432 g/mol. The van der Waals surface area contributed by atoms with Gasteiger partial charge < -0.3 is 25.2 Å². The van der Waals surface area contributed by atoms with Crippen molar-refractivity contribution in [3.8, 4) is 5.75 Å². The number of amides is 2. The van der Waals surface area contributed by atoms with E-state index in [1.165, 1.54) is 6.92 Å². The topological polar surface area (TPSA) is 114 Å². The Morgan fingerprint density at radius 1 is 1.03 bits per heavy atom. The van der Waals surface area contributed by atoms with Gasteiger partial charge in [0.05, 0.1) is 6.61 Å². The van der Waals surface area contributed by atoms with E-state index in [1.807, 2.05) is 24.5 Å². The normalized spacial score (nSPS) is 12.4. The first-order valence-electron chi connectivity index (χ1n) is 9.17. The maximum Gasteiger partial charge on any atom is 0.408 e. The van der Waals surface area contributed by atoms with Crippen LogP contribution in [0.5, 0.6) is 5.75 Å². The largest absolute Gasteiger partial charge is 0.445 e. The minimum absolute atomic E-state index is 0.0184. The fourth-order valence-corrected chi connectivity index (χ4v) is 2.73. The highest BCUT2D eigenvalue weighted by molar-refractivity contribution is 7.98. The lowest BCUT2D eigenvalue weighted by Gasteiger charge is -2.19. The van der Waals surface area contributed by atoms with E-state index >= 15 is 0 Å². The van der Waals surface area contributed by atoms with E-state index in [0.29, 0.717) is 5.75 Å². The molecule has 160 valence electrons. The van der Waals surface area contributed by atoms with E-state index in [1.54, 1.807) is 48.2 Å². The number of carbonyl (C=O) groups excluding carboxylic acids is 3. The predicted octanol–water partition coefficient (Wildman–Crippen LogP) is 2.11. The molecule has 2 amide bonds. The van der Waals surface area contributed by atoms with Crippen LogP contribution in [-0.4, -0.2) is 48.0 Å². The maximum absolute atomic E-state index is 12.3. The standard InChI is InChI=1S/C21H24N2O6S/c1-14(20(26)29-16-8-10-17(30-2)11-9-16)22-19(25)18(12-24)23-21(27)28-13-15-6-4-3-5-7-15/h3-11,14,18,24H,12-13H2,1-2H3,(H,22,25)(H,23,27)/t14-,18-/m0/s1. The summed E-state index contributed by atoms with van der Waals surface area (Å²) in [6.07, 6.45) is 1.07. The molecule has 0 saturated heterocycles. The van der Waals surface area contributed by atoms with Crippen LogP contribution in [0, 0.1) is 0 Å². The smallest absolute Gasteiger partial charge is 0.408 e.